The molecule has 2 fully saturated rings. The van der Waals surface area contributed by atoms with Gasteiger partial charge >= 0.3 is 0 Å². The van der Waals surface area contributed by atoms with Gasteiger partial charge in [0.25, 0.3) is 0 Å². The molecule has 2 amide bonds. The van der Waals surface area contributed by atoms with Crippen LogP contribution in [0.4, 0.5) is 0 Å². The van der Waals surface area contributed by atoms with E-state index >= 15 is 0 Å². The maximum atomic E-state index is 12.2. The summed E-state index contributed by atoms with van der Waals surface area (Å²) in [5.74, 6) is 0.434. The van der Waals surface area contributed by atoms with Gasteiger partial charge in [-0.25, -0.2) is 0 Å². The number of carbonyl (C=O) groups excluding carboxylic acids is 2. The van der Waals surface area contributed by atoms with Crippen molar-refractivity contribution < 1.29 is 9.59 Å². The minimum atomic E-state index is -0.367. The fraction of sp³-hybridized carbons (Fsp3) is 0.688. The number of rotatable bonds is 4. The van der Waals surface area contributed by atoms with E-state index < -0.39 is 0 Å². The zero-order valence-electron chi connectivity index (χ0n) is 13.4. The molecule has 0 spiro atoms. The molecule has 2 aliphatic rings. The first kappa shape index (κ1) is 16.0. The van der Waals surface area contributed by atoms with Gasteiger partial charge in [0.15, 0.2) is 0 Å². The van der Waals surface area contributed by atoms with Crippen LogP contribution in [-0.2, 0) is 9.59 Å². The molecule has 7 nitrogen and oxygen atoms in total. The van der Waals surface area contributed by atoms with E-state index in [2.05, 4.69) is 25.7 Å². The van der Waals surface area contributed by atoms with Crippen LogP contribution in [0.3, 0.4) is 0 Å². The number of H-pyrrole nitrogens is 1. The van der Waals surface area contributed by atoms with Crippen molar-refractivity contribution in [2.24, 2.45) is 0 Å². The zero-order chi connectivity index (χ0) is 16.1. The summed E-state index contributed by atoms with van der Waals surface area (Å²) in [5.41, 5.74) is 1.25. The number of nitrogens with one attached hydrogen (secondary N) is 3. The number of aromatic amines is 1. The van der Waals surface area contributed by atoms with Crippen LogP contribution >= 0.6 is 0 Å². The molecule has 1 aromatic rings. The molecule has 0 bridgehead atoms. The number of hydrogen-bond donors (Lipinski definition) is 3. The molecule has 3 rings (SSSR count). The fourth-order valence-electron chi connectivity index (χ4n) is 3.43. The standard InChI is InChI=1S/C16H25N5O2/c22-15(20-14-3-1-2-6-17-16(14)23)11-21-7-4-12(5-8-21)13-9-18-19-10-13/h9-10,12,14H,1-8,11H2,(H,17,23)(H,18,19)(H,20,22)/t14-/m1/s1. The maximum absolute atomic E-state index is 12.2. The third-order valence-corrected chi connectivity index (χ3v) is 4.82. The van der Waals surface area contributed by atoms with Crippen LogP contribution in [0, 0.1) is 0 Å². The molecule has 2 aliphatic heterocycles. The molecule has 0 radical (unpaired) electrons. The van der Waals surface area contributed by atoms with Crippen LogP contribution in [-0.4, -0.2) is 59.1 Å². The number of likely N-dealkylation sites (tertiary alicyclic amines) is 1. The molecule has 1 atom stereocenters. The first-order valence-corrected chi connectivity index (χ1v) is 8.50. The van der Waals surface area contributed by atoms with Gasteiger partial charge in [-0.2, -0.15) is 5.10 Å². The summed E-state index contributed by atoms with van der Waals surface area (Å²) in [5, 5.41) is 12.6. The Kier molecular flexibility index (Phi) is 5.27. The Labute approximate surface area is 136 Å². The summed E-state index contributed by atoms with van der Waals surface area (Å²) in [6.45, 7) is 2.90. The van der Waals surface area contributed by atoms with Crippen molar-refractivity contribution in [3.05, 3.63) is 18.0 Å². The number of hydrogen-bond acceptors (Lipinski definition) is 4. The van der Waals surface area contributed by atoms with E-state index in [1.807, 2.05) is 12.4 Å². The summed E-state index contributed by atoms with van der Waals surface area (Å²) in [6, 6.07) is -0.367. The number of piperidine rings is 1. The van der Waals surface area contributed by atoms with Crippen LogP contribution in [0.2, 0.25) is 0 Å². The van der Waals surface area contributed by atoms with E-state index in [0.29, 0.717) is 19.0 Å². The highest BCUT2D eigenvalue weighted by Gasteiger charge is 2.25. The largest absolute Gasteiger partial charge is 0.354 e. The predicted octanol–water partition coefficient (Wildman–Crippen LogP) is 0.374. The van der Waals surface area contributed by atoms with Crippen LogP contribution in [0.15, 0.2) is 12.4 Å². The van der Waals surface area contributed by atoms with Gasteiger partial charge < -0.3 is 10.6 Å². The van der Waals surface area contributed by atoms with Crippen molar-refractivity contribution in [3.8, 4) is 0 Å². The Hall–Kier alpha value is -1.89. The highest BCUT2D eigenvalue weighted by Crippen LogP contribution is 2.26. The second-order valence-corrected chi connectivity index (χ2v) is 6.49. The van der Waals surface area contributed by atoms with Crippen LogP contribution < -0.4 is 10.6 Å². The molecule has 0 saturated carbocycles. The van der Waals surface area contributed by atoms with E-state index in [9.17, 15) is 9.59 Å². The lowest BCUT2D eigenvalue weighted by Crippen LogP contribution is -2.49. The van der Waals surface area contributed by atoms with E-state index in [1.54, 1.807) is 0 Å². The van der Waals surface area contributed by atoms with Gasteiger partial charge in [-0.05, 0) is 56.7 Å². The Balaban J connectivity index is 1.43. The van der Waals surface area contributed by atoms with Crippen LogP contribution in [0.25, 0.3) is 0 Å². The third-order valence-electron chi connectivity index (χ3n) is 4.82. The molecule has 0 unspecified atom stereocenters. The molecule has 7 heteroatoms. The monoisotopic (exact) mass is 319 g/mol. The van der Waals surface area contributed by atoms with Crippen LogP contribution in [0.5, 0.6) is 0 Å². The minimum absolute atomic E-state index is 0.0467. The molecular weight excluding hydrogens is 294 g/mol. The predicted molar refractivity (Wildman–Crippen MR) is 85.8 cm³/mol. The highest BCUT2D eigenvalue weighted by atomic mass is 16.2. The Morgan fingerprint density at radius 1 is 1.30 bits per heavy atom. The maximum Gasteiger partial charge on any atom is 0.242 e. The third kappa shape index (κ3) is 4.31. The highest BCUT2D eigenvalue weighted by molar-refractivity contribution is 5.88. The number of carbonyl (C=O) groups is 2. The molecule has 0 aliphatic carbocycles. The summed E-state index contributed by atoms with van der Waals surface area (Å²) in [6.07, 6.45) is 8.61. The molecule has 126 valence electrons. The van der Waals surface area contributed by atoms with Gasteiger partial charge in [-0.1, -0.05) is 0 Å². The first-order valence-electron chi connectivity index (χ1n) is 8.50. The number of nitrogens with zero attached hydrogens (tertiary/aromatic N) is 2. The normalized spacial score (nSPS) is 24.0. The van der Waals surface area contributed by atoms with E-state index in [4.69, 9.17) is 0 Å². The quantitative estimate of drug-likeness (QED) is 0.748. The van der Waals surface area contributed by atoms with E-state index in [1.165, 1.54) is 5.56 Å². The SMILES string of the molecule is O=C(CN1CCC(c2cn[nH]c2)CC1)N[C@@H]1CCCCNC1=O. The van der Waals surface area contributed by atoms with Gasteiger partial charge in [0.05, 0.1) is 12.7 Å². The van der Waals surface area contributed by atoms with Gasteiger partial charge in [0.2, 0.25) is 11.8 Å². The number of aromatic nitrogens is 2. The van der Waals surface area contributed by atoms with Gasteiger partial charge in [-0.15, -0.1) is 0 Å². The molecule has 1 aromatic heterocycles. The summed E-state index contributed by atoms with van der Waals surface area (Å²) in [4.78, 5) is 26.2. The fourth-order valence-corrected chi connectivity index (χ4v) is 3.43. The van der Waals surface area contributed by atoms with Crippen molar-refractivity contribution in [2.75, 3.05) is 26.2 Å². The number of amides is 2. The average molecular weight is 319 g/mol. The Bertz CT molecular complexity index is 523. The molecule has 3 N–H and O–H groups in total. The Morgan fingerprint density at radius 2 is 2.13 bits per heavy atom. The van der Waals surface area contributed by atoms with Gasteiger partial charge in [-0.3, -0.25) is 19.6 Å². The van der Waals surface area contributed by atoms with Crippen molar-refractivity contribution in [2.45, 2.75) is 44.1 Å². The summed E-state index contributed by atoms with van der Waals surface area (Å²) < 4.78 is 0. The molecule has 23 heavy (non-hydrogen) atoms. The second kappa shape index (κ2) is 7.59. The topological polar surface area (TPSA) is 90.1 Å². The van der Waals surface area contributed by atoms with E-state index in [0.717, 1.165) is 45.2 Å². The molecule has 0 aromatic carbocycles. The zero-order valence-corrected chi connectivity index (χ0v) is 13.4. The lowest BCUT2D eigenvalue weighted by molar-refractivity contribution is -0.129. The van der Waals surface area contributed by atoms with Gasteiger partial charge in [0.1, 0.15) is 6.04 Å². The smallest absolute Gasteiger partial charge is 0.242 e. The lowest BCUT2D eigenvalue weighted by atomic mass is 9.91. The van der Waals surface area contributed by atoms with Crippen molar-refractivity contribution in [3.63, 3.8) is 0 Å². The second-order valence-electron chi connectivity index (χ2n) is 6.49. The van der Waals surface area contributed by atoms with Gasteiger partial charge in [0, 0.05) is 12.7 Å². The lowest BCUT2D eigenvalue weighted by Gasteiger charge is -2.31. The van der Waals surface area contributed by atoms with Crippen molar-refractivity contribution in [1.29, 1.82) is 0 Å². The van der Waals surface area contributed by atoms with Crippen LogP contribution in [0.1, 0.15) is 43.6 Å². The van der Waals surface area contributed by atoms with Crippen molar-refractivity contribution >= 4 is 11.8 Å². The first-order chi connectivity index (χ1) is 11.2. The molecule has 3 heterocycles. The Morgan fingerprint density at radius 3 is 2.87 bits per heavy atom. The average Bonchev–Trinajstić information content (AvgIpc) is 3.01. The van der Waals surface area contributed by atoms with E-state index in [-0.39, 0.29) is 17.9 Å². The molecular formula is C16H25N5O2. The minimum Gasteiger partial charge on any atom is -0.354 e. The molecule has 2 saturated heterocycles. The summed E-state index contributed by atoms with van der Waals surface area (Å²) in [7, 11) is 0. The van der Waals surface area contributed by atoms with Crippen molar-refractivity contribution in [1.82, 2.24) is 25.7 Å². The summed E-state index contributed by atoms with van der Waals surface area (Å²) >= 11 is 0.